The molecule has 0 spiro atoms. The van der Waals surface area contributed by atoms with Crippen molar-refractivity contribution in [2.45, 2.75) is 44.4 Å². The summed E-state index contributed by atoms with van der Waals surface area (Å²) in [5.74, 6) is 0.965. The molecule has 1 aromatic rings. The number of piperidine rings is 1. The number of methoxy groups -OCH3 is 1. The zero-order chi connectivity index (χ0) is 17.8. The maximum atomic E-state index is 12.6. The second-order valence-corrected chi connectivity index (χ2v) is 7.01. The van der Waals surface area contributed by atoms with Crippen molar-refractivity contribution < 1.29 is 14.3 Å². The smallest absolute Gasteiger partial charge is 0.308 e. The van der Waals surface area contributed by atoms with Crippen molar-refractivity contribution >= 4 is 17.8 Å². The van der Waals surface area contributed by atoms with Gasteiger partial charge in [-0.3, -0.25) is 14.9 Å². The van der Waals surface area contributed by atoms with Gasteiger partial charge in [-0.25, -0.2) is 4.68 Å². The zero-order valence-electron chi connectivity index (χ0n) is 15.0. The predicted octanol–water partition coefficient (Wildman–Crippen LogP) is 1.20. The molecule has 1 aliphatic heterocycles. The molecule has 3 rings (SSSR count). The number of esters is 1. The highest BCUT2D eigenvalue weighted by atomic mass is 16.5. The molecule has 0 radical (unpaired) electrons. The number of carbonyl (C=O) groups excluding carboxylic acids is 2. The van der Waals surface area contributed by atoms with Crippen LogP contribution < -0.4 is 10.6 Å². The van der Waals surface area contributed by atoms with Gasteiger partial charge in [-0.2, -0.15) is 10.1 Å². The van der Waals surface area contributed by atoms with E-state index in [9.17, 15) is 9.59 Å². The average Bonchev–Trinajstić information content (AvgIpc) is 3.02. The molecule has 0 aromatic carbocycles. The molecule has 1 aromatic heterocycles. The lowest BCUT2D eigenvalue weighted by Crippen LogP contribution is -2.32. The summed E-state index contributed by atoms with van der Waals surface area (Å²) in [6.07, 6.45) is 5.01. The first kappa shape index (κ1) is 17.8. The van der Waals surface area contributed by atoms with Crippen molar-refractivity contribution in [2.24, 2.45) is 18.9 Å². The van der Waals surface area contributed by atoms with Gasteiger partial charge in [0, 0.05) is 18.9 Å². The van der Waals surface area contributed by atoms with E-state index in [2.05, 4.69) is 20.7 Å². The second-order valence-electron chi connectivity index (χ2n) is 7.01. The number of amides is 1. The minimum Gasteiger partial charge on any atom is -0.469 e. The van der Waals surface area contributed by atoms with Gasteiger partial charge in [-0.05, 0) is 45.2 Å². The van der Waals surface area contributed by atoms with E-state index in [1.165, 1.54) is 7.11 Å². The number of aryl methyl sites for hydroxylation is 1. The maximum absolute atomic E-state index is 12.6. The summed E-state index contributed by atoms with van der Waals surface area (Å²) in [6, 6.07) is 0. The average molecular weight is 349 g/mol. The van der Waals surface area contributed by atoms with E-state index in [-0.39, 0.29) is 23.7 Å². The second kappa shape index (κ2) is 7.95. The molecule has 2 fully saturated rings. The fourth-order valence-corrected chi connectivity index (χ4v) is 3.79. The Morgan fingerprint density at radius 1 is 1.20 bits per heavy atom. The van der Waals surface area contributed by atoms with E-state index in [0.717, 1.165) is 51.0 Å². The molecule has 8 nitrogen and oxygen atoms in total. The third kappa shape index (κ3) is 4.18. The molecule has 138 valence electrons. The Bertz CT molecular complexity index is 624. The van der Waals surface area contributed by atoms with Crippen molar-refractivity contribution in [1.29, 1.82) is 0 Å². The number of nitrogens with zero attached hydrogens (tertiary/aromatic N) is 3. The van der Waals surface area contributed by atoms with Crippen LogP contribution in [0, 0.1) is 11.8 Å². The first-order valence-electron chi connectivity index (χ1n) is 9.08. The Hall–Kier alpha value is -1.96. The van der Waals surface area contributed by atoms with Gasteiger partial charge in [-0.1, -0.05) is 6.42 Å². The van der Waals surface area contributed by atoms with Gasteiger partial charge < -0.3 is 10.1 Å². The monoisotopic (exact) mass is 349 g/mol. The molecule has 2 atom stereocenters. The normalized spacial score (nSPS) is 24.7. The Kier molecular flexibility index (Phi) is 5.67. The summed E-state index contributed by atoms with van der Waals surface area (Å²) in [6.45, 7) is 1.95. The molecule has 1 amide bonds. The van der Waals surface area contributed by atoms with E-state index < -0.39 is 0 Å². The number of rotatable bonds is 4. The molecular weight excluding hydrogens is 322 g/mol. The highest BCUT2D eigenvalue weighted by molar-refractivity contribution is 5.91. The molecule has 1 saturated heterocycles. The molecule has 2 heterocycles. The topological polar surface area (TPSA) is 98.1 Å². The molecule has 2 aliphatic rings. The highest BCUT2D eigenvalue weighted by Crippen LogP contribution is 2.31. The van der Waals surface area contributed by atoms with Crippen molar-refractivity contribution in [3.63, 3.8) is 0 Å². The SMILES string of the molecule is COC(=O)C1CCCC(C(=O)Nc2nc(C3CCNCC3)nn2C)C1. The number of aromatic nitrogens is 3. The summed E-state index contributed by atoms with van der Waals surface area (Å²) in [7, 11) is 3.19. The van der Waals surface area contributed by atoms with E-state index in [1.54, 1.807) is 11.7 Å². The van der Waals surface area contributed by atoms with Gasteiger partial charge >= 0.3 is 5.97 Å². The minimum atomic E-state index is -0.218. The Morgan fingerprint density at radius 2 is 1.92 bits per heavy atom. The van der Waals surface area contributed by atoms with E-state index in [4.69, 9.17) is 4.74 Å². The standard InChI is InChI=1S/C17H27N5O3/c1-22-17(19-14(21-22)11-6-8-18-9-7-11)20-15(23)12-4-3-5-13(10-12)16(24)25-2/h11-13,18H,3-10H2,1-2H3,(H,19,20,21,23). The Labute approximate surface area is 147 Å². The van der Waals surface area contributed by atoms with Crippen LogP contribution in [0.1, 0.15) is 50.3 Å². The van der Waals surface area contributed by atoms with Gasteiger partial charge in [-0.15, -0.1) is 0 Å². The molecule has 0 bridgehead atoms. The lowest BCUT2D eigenvalue weighted by Gasteiger charge is -2.26. The van der Waals surface area contributed by atoms with E-state index >= 15 is 0 Å². The lowest BCUT2D eigenvalue weighted by atomic mass is 9.81. The van der Waals surface area contributed by atoms with Crippen LogP contribution in [0.4, 0.5) is 5.95 Å². The quantitative estimate of drug-likeness (QED) is 0.793. The minimum absolute atomic E-state index is 0.0824. The van der Waals surface area contributed by atoms with Crippen LogP contribution in [0.2, 0.25) is 0 Å². The first-order chi connectivity index (χ1) is 12.1. The van der Waals surface area contributed by atoms with Crippen LogP contribution in [0.3, 0.4) is 0 Å². The summed E-state index contributed by atoms with van der Waals surface area (Å²) < 4.78 is 6.46. The number of hydrogen-bond donors (Lipinski definition) is 2. The fraction of sp³-hybridized carbons (Fsp3) is 0.765. The Balaban J connectivity index is 1.62. The molecule has 25 heavy (non-hydrogen) atoms. The summed E-state index contributed by atoms with van der Waals surface area (Å²) in [5.41, 5.74) is 0. The van der Waals surface area contributed by atoms with Crippen LogP contribution in [-0.2, 0) is 21.4 Å². The van der Waals surface area contributed by atoms with Crippen LogP contribution in [0.15, 0.2) is 0 Å². The van der Waals surface area contributed by atoms with Crippen molar-refractivity contribution in [3.05, 3.63) is 5.82 Å². The largest absolute Gasteiger partial charge is 0.469 e. The lowest BCUT2D eigenvalue weighted by molar-refractivity contribution is -0.147. The number of anilines is 1. The number of carbonyl (C=O) groups is 2. The fourth-order valence-electron chi connectivity index (χ4n) is 3.79. The van der Waals surface area contributed by atoms with E-state index in [0.29, 0.717) is 18.3 Å². The summed E-state index contributed by atoms with van der Waals surface area (Å²) in [5, 5.41) is 10.7. The third-order valence-electron chi connectivity index (χ3n) is 5.30. The van der Waals surface area contributed by atoms with E-state index in [1.807, 2.05) is 0 Å². The predicted molar refractivity (Wildman–Crippen MR) is 91.9 cm³/mol. The number of nitrogens with one attached hydrogen (secondary N) is 2. The van der Waals surface area contributed by atoms with Crippen LogP contribution >= 0.6 is 0 Å². The van der Waals surface area contributed by atoms with Crippen LogP contribution in [-0.4, -0.2) is 46.8 Å². The van der Waals surface area contributed by atoms with Crippen molar-refractivity contribution in [3.8, 4) is 0 Å². The van der Waals surface area contributed by atoms with Crippen molar-refractivity contribution in [2.75, 3.05) is 25.5 Å². The highest BCUT2D eigenvalue weighted by Gasteiger charge is 2.32. The molecule has 8 heteroatoms. The number of hydrogen-bond acceptors (Lipinski definition) is 6. The van der Waals surface area contributed by atoms with Gasteiger partial charge in [0.2, 0.25) is 11.9 Å². The zero-order valence-corrected chi connectivity index (χ0v) is 15.0. The van der Waals surface area contributed by atoms with Crippen molar-refractivity contribution in [1.82, 2.24) is 20.1 Å². The van der Waals surface area contributed by atoms with Crippen LogP contribution in [0.25, 0.3) is 0 Å². The molecule has 2 N–H and O–H groups in total. The van der Waals surface area contributed by atoms with Gasteiger partial charge in [0.1, 0.15) is 0 Å². The van der Waals surface area contributed by atoms with Gasteiger partial charge in [0.05, 0.1) is 13.0 Å². The third-order valence-corrected chi connectivity index (χ3v) is 5.30. The molecule has 1 aliphatic carbocycles. The summed E-state index contributed by atoms with van der Waals surface area (Å²) in [4.78, 5) is 28.9. The summed E-state index contributed by atoms with van der Waals surface area (Å²) >= 11 is 0. The van der Waals surface area contributed by atoms with Gasteiger partial charge in [0.15, 0.2) is 5.82 Å². The maximum Gasteiger partial charge on any atom is 0.308 e. The number of ether oxygens (including phenoxy) is 1. The van der Waals surface area contributed by atoms with Gasteiger partial charge in [0.25, 0.3) is 0 Å². The molecule has 1 saturated carbocycles. The molecule has 2 unspecified atom stereocenters. The Morgan fingerprint density at radius 3 is 2.64 bits per heavy atom. The molecular formula is C17H27N5O3. The van der Waals surface area contributed by atoms with Crippen LogP contribution in [0.5, 0.6) is 0 Å². The first-order valence-corrected chi connectivity index (χ1v) is 9.08.